The highest BCUT2D eigenvalue weighted by Gasteiger charge is 2.26. The summed E-state index contributed by atoms with van der Waals surface area (Å²) >= 11 is 9.75. The van der Waals surface area contributed by atoms with E-state index in [1.807, 2.05) is 25.1 Å². The lowest BCUT2D eigenvalue weighted by atomic mass is 10.1. The molecule has 1 aromatic rings. The van der Waals surface area contributed by atoms with Crippen molar-refractivity contribution in [3.05, 3.63) is 33.8 Å². The Bertz CT molecular complexity index is 447. The molecule has 1 amide bonds. The number of ether oxygens (including phenoxy) is 1. The van der Waals surface area contributed by atoms with Crippen LogP contribution in [0.25, 0.3) is 0 Å². The van der Waals surface area contributed by atoms with E-state index in [-0.39, 0.29) is 5.91 Å². The number of carbonyl (C=O) groups is 1. The summed E-state index contributed by atoms with van der Waals surface area (Å²) in [5.74, 6) is -0.0514. The van der Waals surface area contributed by atoms with Crippen LogP contribution in [0.5, 0.6) is 0 Å². The monoisotopic (exact) mass is 331 g/mol. The second-order valence-corrected chi connectivity index (χ2v) is 5.62. The maximum atomic E-state index is 12.3. The highest BCUT2D eigenvalue weighted by Crippen LogP contribution is 2.30. The van der Waals surface area contributed by atoms with Gasteiger partial charge < -0.3 is 9.64 Å². The summed E-state index contributed by atoms with van der Waals surface area (Å²) < 4.78 is 6.11. The van der Waals surface area contributed by atoms with Gasteiger partial charge in [0.15, 0.2) is 0 Å². The summed E-state index contributed by atoms with van der Waals surface area (Å²) in [7, 11) is 0. The molecule has 0 radical (unpaired) electrons. The molecule has 5 heteroatoms. The molecule has 3 nitrogen and oxygen atoms in total. The average Bonchev–Trinajstić information content (AvgIpc) is 2.38. The predicted molar refractivity (Wildman–Crippen MR) is 74.9 cm³/mol. The van der Waals surface area contributed by atoms with Crippen LogP contribution in [0.4, 0.5) is 0 Å². The zero-order valence-electron chi connectivity index (χ0n) is 10.2. The lowest BCUT2D eigenvalue weighted by Gasteiger charge is -2.28. The highest BCUT2D eigenvalue weighted by atomic mass is 79.9. The van der Waals surface area contributed by atoms with Gasteiger partial charge >= 0.3 is 0 Å². The minimum Gasteiger partial charge on any atom is -0.378 e. The highest BCUT2D eigenvalue weighted by molar-refractivity contribution is 9.10. The number of alkyl halides is 1. The molecule has 0 aromatic heterocycles. The lowest BCUT2D eigenvalue weighted by molar-refractivity contribution is -0.134. The topological polar surface area (TPSA) is 29.5 Å². The molecule has 1 aliphatic rings. The van der Waals surface area contributed by atoms with Crippen molar-refractivity contribution in [2.45, 2.75) is 12.3 Å². The van der Waals surface area contributed by atoms with Gasteiger partial charge in [0.2, 0.25) is 5.91 Å². The largest absolute Gasteiger partial charge is 0.378 e. The molecule has 18 heavy (non-hydrogen) atoms. The number of nitrogens with zero attached hydrogens (tertiary/aromatic N) is 1. The summed E-state index contributed by atoms with van der Waals surface area (Å²) in [6, 6.07) is 5.83. The molecule has 1 saturated heterocycles. The van der Waals surface area contributed by atoms with Crippen molar-refractivity contribution in [2.24, 2.45) is 0 Å². The molecule has 1 aromatic carbocycles. The van der Waals surface area contributed by atoms with E-state index in [1.54, 1.807) is 4.90 Å². The fourth-order valence-corrected chi connectivity index (χ4v) is 3.10. The van der Waals surface area contributed by atoms with Crippen molar-refractivity contribution in [1.29, 1.82) is 0 Å². The van der Waals surface area contributed by atoms with E-state index < -0.39 is 5.38 Å². The zero-order valence-corrected chi connectivity index (χ0v) is 12.5. The number of halogens is 2. The molecule has 0 bridgehead atoms. The first-order valence-corrected chi connectivity index (χ1v) is 7.09. The molecule has 1 heterocycles. The SMILES string of the molecule is Cc1ccc(C(Cl)C(=O)N2CCOCC2)c(Br)c1. The van der Waals surface area contributed by atoms with Gasteiger partial charge in [-0.2, -0.15) is 0 Å². The fourth-order valence-electron chi connectivity index (χ4n) is 1.91. The molecule has 0 spiro atoms. The normalized spacial score (nSPS) is 17.6. The van der Waals surface area contributed by atoms with Gasteiger partial charge in [-0.15, -0.1) is 11.6 Å². The lowest BCUT2D eigenvalue weighted by Crippen LogP contribution is -2.42. The first kappa shape index (κ1) is 13.8. The fraction of sp³-hybridized carbons (Fsp3) is 0.462. The number of amides is 1. The third-order valence-corrected chi connectivity index (χ3v) is 4.08. The molecular weight excluding hydrogens is 318 g/mol. The summed E-state index contributed by atoms with van der Waals surface area (Å²) in [6.07, 6.45) is 0. The van der Waals surface area contributed by atoms with Crippen LogP contribution in [0.15, 0.2) is 22.7 Å². The first-order valence-electron chi connectivity index (χ1n) is 5.86. The average molecular weight is 333 g/mol. The van der Waals surface area contributed by atoms with Gasteiger partial charge in [-0.25, -0.2) is 0 Å². The Morgan fingerprint density at radius 2 is 2.11 bits per heavy atom. The van der Waals surface area contributed by atoms with E-state index in [9.17, 15) is 4.79 Å². The maximum absolute atomic E-state index is 12.3. The van der Waals surface area contributed by atoms with E-state index in [1.165, 1.54) is 0 Å². The van der Waals surface area contributed by atoms with Crippen molar-refractivity contribution >= 4 is 33.4 Å². The zero-order chi connectivity index (χ0) is 13.1. The van der Waals surface area contributed by atoms with E-state index >= 15 is 0 Å². The molecule has 2 rings (SSSR count). The number of hydrogen-bond donors (Lipinski definition) is 0. The van der Waals surface area contributed by atoms with Crippen LogP contribution >= 0.6 is 27.5 Å². The third kappa shape index (κ3) is 3.05. The molecule has 1 atom stereocenters. The smallest absolute Gasteiger partial charge is 0.245 e. The minimum absolute atomic E-state index is 0.0514. The van der Waals surface area contributed by atoms with E-state index in [2.05, 4.69) is 15.9 Å². The van der Waals surface area contributed by atoms with E-state index in [0.717, 1.165) is 15.6 Å². The van der Waals surface area contributed by atoms with Gasteiger partial charge in [-0.05, 0) is 24.1 Å². The second kappa shape index (κ2) is 6.04. The summed E-state index contributed by atoms with van der Waals surface area (Å²) in [5.41, 5.74) is 1.95. The van der Waals surface area contributed by atoms with Gasteiger partial charge in [0, 0.05) is 17.6 Å². The summed E-state index contributed by atoms with van der Waals surface area (Å²) in [5, 5.41) is -0.641. The Morgan fingerprint density at radius 1 is 1.44 bits per heavy atom. The number of benzene rings is 1. The molecule has 1 unspecified atom stereocenters. The molecule has 0 saturated carbocycles. The first-order chi connectivity index (χ1) is 8.59. The van der Waals surface area contributed by atoms with Crippen LogP contribution in [0.1, 0.15) is 16.5 Å². The number of aryl methyl sites for hydroxylation is 1. The minimum atomic E-state index is -0.641. The van der Waals surface area contributed by atoms with Crippen molar-refractivity contribution in [1.82, 2.24) is 4.90 Å². The molecule has 1 aliphatic heterocycles. The molecule has 1 fully saturated rings. The van der Waals surface area contributed by atoms with Crippen LogP contribution in [0.2, 0.25) is 0 Å². The van der Waals surface area contributed by atoms with Crippen molar-refractivity contribution in [2.75, 3.05) is 26.3 Å². The van der Waals surface area contributed by atoms with Gasteiger partial charge in [0.05, 0.1) is 13.2 Å². The summed E-state index contributed by atoms with van der Waals surface area (Å²) in [6.45, 7) is 4.41. The van der Waals surface area contributed by atoms with Gasteiger partial charge in [0.1, 0.15) is 5.38 Å². The van der Waals surface area contributed by atoms with E-state index in [4.69, 9.17) is 16.3 Å². The Balaban J connectivity index is 2.14. The van der Waals surface area contributed by atoms with Crippen molar-refractivity contribution in [3.63, 3.8) is 0 Å². The van der Waals surface area contributed by atoms with Gasteiger partial charge in [-0.3, -0.25) is 4.79 Å². The Hall–Kier alpha value is -0.580. The second-order valence-electron chi connectivity index (χ2n) is 4.33. The quantitative estimate of drug-likeness (QED) is 0.779. The molecular formula is C13H15BrClNO2. The summed E-state index contributed by atoms with van der Waals surface area (Å²) in [4.78, 5) is 14.0. The van der Waals surface area contributed by atoms with Crippen LogP contribution in [-0.2, 0) is 9.53 Å². The standard InChI is InChI=1S/C13H15BrClNO2/c1-9-2-3-10(11(14)8-9)12(15)13(17)16-4-6-18-7-5-16/h2-3,8,12H,4-7H2,1H3. The van der Waals surface area contributed by atoms with Crippen molar-refractivity contribution in [3.8, 4) is 0 Å². The molecule has 98 valence electrons. The van der Waals surface area contributed by atoms with Gasteiger partial charge in [0.25, 0.3) is 0 Å². The number of morpholine rings is 1. The van der Waals surface area contributed by atoms with Crippen LogP contribution in [-0.4, -0.2) is 37.1 Å². The Kier molecular flexibility index (Phi) is 4.65. The maximum Gasteiger partial charge on any atom is 0.245 e. The third-order valence-electron chi connectivity index (χ3n) is 2.97. The van der Waals surface area contributed by atoms with Crippen molar-refractivity contribution < 1.29 is 9.53 Å². The molecule has 0 aliphatic carbocycles. The molecule has 0 N–H and O–H groups in total. The Labute approximate surface area is 120 Å². The van der Waals surface area contributed by atoms with Crippen LogP contribution in [0, 0.1) is 6.92 Å². The van der Waals surface area contributed by atoms with Crippen LogP contribution < -0.4 is 0 Å². The predicted octanol–water partition coefficient (Wildman–Crippen LogP) is 2.90. The Morgan fingerprint density at radius 3 is 2.72 bits per heavy atom. The number of rotatable bonds is 2. The number of hydrogen-bond acceptors (Lipinski definition) is 2. The van der Waals surface area contributed by atoms with Crippen LogP contribution in [0.3, 0.4) is 0 Å². The van der Waals surface area contributed by atoms with E-state index in [0.29, 0.717) is 26.3 Å². The number of carbonyl (C=O) groups excluding carboxylic acids is 1. The van der Waals surface area contributed by atoms with Gasteiger partial charge in [-0.1, -0.05) is 28.1 Å².